The van der Waals surface area contributed by atoms with Crippen LogP contribution in [0.1, 0.15) is 44.1 Å². The topological polar surface area (TPSA) is 87.7 Å². The lowest BCUT2D eigenvalue weighted by molar-refractivity contribution is -0.136. The van der Waals surface area contributed by atoms with E-state index in [1.54, 1.807) is 0 Å². The van der Waals surface area contributed by atoms with Gasteiger partial charge in [0, 0.05) is 13.0 Å². The first-order valence-electron chi connectivity index (χ1n) is 11.6. The van der Waals surface area contributed by atoms with Gasteiger partial charge in [-0.2, -0.15) is 0 Å². The SMILES string of the molecule is O=C(C[C@@H]1CC[C@H](NC(=O)CC2CC2)[C@H](CO)O1)NCc1ccc(-c2ccccc2)cc1. The van der Waals surface area contributed by atoms with Gasteiger partial charge in [-0.25, -0.2) is 0 Å². The van der Waals surface area contributed by atoms with Gasteiger partial charge in [-0.3, -0.25) is 9.59 Å². The number of aliphatic hydroxyl groups is 1. The van der Waals surface area contributed by atoms with Gasteiger partial charge in [0.1, 0.15) is 6.10 Å². The second-order valence-corrected chi connectivity index (χ2v) is 8.92. The Morgan fingerprint density at radius 3 is 2.28 bits per heavy atom. The summed E-state index contributed by atoms with van der Waals surface area (Å²) in [6, 6.07) is 18.2. The Bertz CT molecular complexity index is 896. The van der Waals surface area contributed by atoms with E-state index in [9.17, 15) is 14.7 Å². The van der Waals surface area contributed by atoms with Crippen LogP contribution in [0.3, 0.4) is 0 Å². The molecule has 6 heteroatoms. The number of carbonyl (C=O) groups excluding carboxylic acids is 2. The summed E-state index contributed by atoms with van der Waals surface area (Å²) in [6.07, 6.45) is 3.76. The third-order valence-corrected chi connectivity index (χ3v) is 6.28. The molecule has 1 saturated heterocycles. The van der Waals surface area contributed by atoms with Gasteiger partial charge in [-0.05, 0) is 48.3 Å². The highest BCUT2D eigenvalue weighted by atomic mass is 16.5. The number of aliphatic hydroxyl groups excluding tert-OH is 1. The summed E-state index contributed by atoms with van der Waals surface area (Å²) in [6.45, 7) is 0.296. The van der Waals surface area contributed by atoms with E-state index in [4.69, 9.17) is 4.74 Å². The van der Waals surface area contributed by atoms with Crippen LogP contribution in [-0.4, -0.2) is 41.8 Å². The Morgan fingerprint density at radius 2 is 1.59 bits per heavy atom. The molecule has 2 aromatic rings. The monoisotopic (exact) mass is 436 g/mol. The second kappa shape index (κ2) is 10.7. The summed E-state index contributed by atoms with van der Waals surface area (Å²) in [4.78, 5) is 24.5. The fourth-order valence-electron chi connectivity index (χ4n) is 4.22. The van der Waals surface area contributed by atoms with Crippen molar-refractivity contribution in [1.29, 1.82) is 0 Å². The molecule has 0 aromatic heterocycles. The molecule has 1 aliphatic carbocycles. The molecule has 2 aliphatic rings. The van der Waals surface area contributed by atoms with Crippen LogP contribution in [0.25, 0.3) is 11.1 Å². The molecule has 3 N–H and O–H groups in total. The minimum absolute atomic E-state index is 0.0361. The molecule has 3 atom stereocenters. The lowest BCUT2D eigenvalue weighted by Gasteiger charge is -2.36. The molecule has 4 rings (SSSR count). The zero-order valence-corrected chi connectivity index (χ0v) is 18.3. The molecule has 0 spiro atoms. The predicted molar refractivity (Wildman–Crippen MR) is 123 cm³/mol. The molecule has 6 nitrogen and oxygen atoms in total. The Labute approximate surface area is 189 Å². The Hall–Kier alpha value is -2.70. The lowest BCUT2D eigenvalue weighted by Crippen LogP contribution is -2.51. The molecule has 1 aliphatic heterocycles. The third-order valence-electron chi connectivity index (χ3n) is 6.28. The minimum Gasteiger partial charge on any atom is -0.394 e. The Balaban J connectivity index is 1.20. The van der Waals surface area contributed by atoms with Crippen LogP contribution in [0.15, 0.2) is 54.6 Å². The van der Waals surface area contributed by atoms with Gasteiger partial charge in [0.15, 0.2) is 0 Å². The Kier molecular flexibility index (Phi) is 7.55. The standard InChI is InChI=1S/C26H32N2O4/c29-17-24-23(28-26(31)14-18-6-7-18)13-12-22(32-24)15-25(30)27-16-19-8-10-21(11-9-19)20-4-2-1-3-5-20/h1-5,8-11,18,22-24,29H,6-7,12-17H2,(H,27,30)(H,28,31)/t22-,23-,24-/m0/s1. The molecule has 32 heavy (non-hydrogen) atoms. The number of hydrogen-bond acceptors (Lipinski definition) is 4. The van der Waals surface area contributed by atoms with E-state index in [1.807, 2.05) is 30.3 Å². The van der Waals surface area contributed by atoms with E-state index in [0.717, 1.165) is 29.5 Å². The average Bonchev–Trinajstić information content (AvgIpc) is 3.63. The molecule has 0 radical (unpaired) electrons. The maximum atomic E-state index is 12.4. The van der Waals surface area contributed by atoms with E-state index < -0.39 is 6.10 Å². The maximum absolute atomic E-state index is 12.4. The lowest BCUT2D eigenvalue weighted by atomic mass is 9.96. The number of nitrogens with one attached hydrogen (secondary N) is 2. The number of amides is 2. The molecule has 2 amide bonds. The first-order chi connectivity index (χ1) is 15.6. The van der Waals surface area contributed by atoms with Crippen molar-refractivity contribution in [3.63, 3.8) is 0 Å². The number of hydrogen-bond donors (Lipinski definition) is 3. The highest BCUT2D eigenvalue weighted by molar-refractivity contribution is 5.77. The molecular formula is C26H32N2O4. The van der Waals surface area contributed by atoms with Crippen molar-refractivity contribution >= 4 is 11.8 Å². The van der Waals surface area contributed by atoms with Crippen LogP contribution in [0.2, 0.25) is 0 Å². The number of rotatable bonds is 9. The van der Waals surface area contributed by atoms with Crippen molar-refractivity contribution < 1.29 is 19.4 Å². The second-order valence-electron chi connectivity index (χ2n) is 8.92. The van der Waals surface area contributed by atoms with Crippen LogP contribution < -0.4 is 10.6 Å². The van der Waals surface area contributed by atoms with Crippen molar-refractivity contribution in [2.75, 3.05) is 6.61 Å². The fraction of sp³-hybridized carbons (Fsp3) is 0.462. The maximum Gasteiger partial charge on any atom is 0.222 e. The van der Waals surface area contributed by atoms with Gasteiger partial charge in [0.2, 0.25) is 11.8 Å². The van der Waals surface area contributed by atoms with Gasteiger partial charge in [0.25, 0.3) is 0 Å². The van der Waals surface area contributed by atoms with Crippen LogP contribution in [0, 0.1) is 5.92 Å². The first-order valence-corrected chi connectivity index (χ1v) is 11.6. The third kappa shape index (κ3) is 6.40. The normalized spacial score (nSPS) is 22.8. The summed E-state index contributed by atoms with van der Waals surface area (Å²) in [5.74, 6) is 0.488. The fourth-order valence-corrected chi connectivity index (χ4v) is 4.22. The summed E-state index contributed by atoms with van der Waals surface area (Å²) in [5, 5.41) is 15.7. The molecule has 2 fully saturated rings. The quantitative estimate of drug-likeness (QED) is 0.563. The van der Waals surface area contributed by atoms with E-state index in [0.29, 0.717) is 31.7 Å². The van der Waals surface area contributed by atoms with Crippen molar-refractivity contribution in [2.45, 2.75) is 63.3 Å². The van der Waals surface area contributed by atoms with Crippen molar-refractivity contribution in [3.05, 3.63) is 60.2 Å². The smallest absolute Gasteiger partial charge is 0.222 e. The van der Waals surface area contributed by atoms with Gasteiger partial charge in [-0.1, -0.05) is 54.6 Å². The van der Waals surface area contributed by atoms with E-state index in [-0.39, 0.29) is 37.0 Å². The van der Waals surface area contributed by atoms with Crippen molar-refractivity contribution in [3.8, 4) is 11.1 Å². The van der Waals surface area contributed by atoms with Crippen LogP contribution in [0.4, 0.5) is 0 Å². The van der Waals surface area contributed by atoms with Crippen LogP contribution in [-0.2, 0) is 20.9 Å². The first kappa shape index (κ1) is 22.5. The van der Waals surface area contributed by atoms with Gasteiger partial charge < -0.3 is 20.5 Å². The summed E-state index contributed by atoms with van der Waals surface area (Å²) < 4.78 is 5.93. The Morgan fingerprint density at radius 1 is 0.875 bits per heavy atom. The highest BCUT2D eigenvalue weighted by Gasteiger charge is 2.34. The summed E-state index contributed by atoms with van der Waals surface area (Å²) in [5.41, 5.74) is 3.34. The summed E-state index contributed by atoms with van der Waals surface area (Å²) >= 11 is 0. The van der Waals surface area contributed by atoms with Gasteiger partial charge >= 0.3 is 0 Å². The molecular weight excluding hydrogens is 404 g/mol. The number of carbonyl (C=O) groups is 2. The number of benzene rings is 2. The van der Waals surface area contributed by atoms with Crippen LogP contribution in [0.5, 0.6) is 0 Å². The van der Waals surface area contributed by atoms with E-state index >= 15 is 0 Å². The van der Waals surface area contributed by atoms with E-state index in [2.05, 4.69) is 34.9 Å². The van der Waals surface area contributed by atoms with Gasteiger partial charge in [0.05, 0.1) is 25.2 Å². The molecule has 1 saturated carbocycles. The largest absolute Gasteiger partial charge is 0.394 e. The molecule has 0 bridgehead atoms. The average molecular weight is 437 g/mol. The zero-order chi connectivity index (χ0) is 22.3. The molecule has 1 heterocycles. The van der Waals surface area contributed by atoms with Gasteiger partial charge in [-0.15, -0.1) is 0 Å². The number of ether oxygens (including phenoxy) is 1. The van der Waals surface area contributed by atoms with E-state index in [1.165, 1.54) is 0 Å². The predicted octanol–water partition coefficient (Wildman–Crippen LogP) is 3.18. The summed E-state index contributed by atoms with van der Waals surface area (Å²) in [7, 11) is 0. The molecule has 2 aromatic carbocycles. The highest BCUT2D eigenvalue weighted by Crippen LogP contribution is 2.32. The van der Waals surface area contributed by atoms with Crippen LogP contribution >= 0.6 is 0 Å². The molecule has 170 valence electrons. The van der Waals surface area contributed by atoms with Crippen molar-refractivity contribution in [1.82, 2.24) is 10.6 Å². The zero-order valence-electron chi connectivity index (χ0n) is 18.3. The minimum atomic E-state index is -0.463. The molecule has 0 unspecified atom stereocenters. The van der Waals surface area contributed by atoms with Crippen molar-refractivity contribution in [2.24, 2.45) is 5.92 Å².